The van der Waals surface area contributed by atoms with Crippen molar-refractivity contribution in [3.05, 3.63) is 28.8 Å². The Morgan fingerprint density at radius 3 is 2.68 bits per heavy atom. The van der Waals surface area contributed by atoms with Gasteiger partial charge in [-0.2, -0.15) is 0 Å². The van der Waals surface area contributed by atoms with Crippen molar-refractivity contribution >= 4 is 21.4 Å². The van der Waals surface area contributed by atoms with Crippen LogP contribution in [0.2, 0.25) is 5.02 Å². The van der Waals surface area contributed by atoms with Gasteiger partial charge in [-0.05, 0) is 18.2 Å². The molecule has 0 aliphatic rings. The maximum atomic E-state index is 11.9. The summed E-state index contributed by atoms with van der Waals surface area (Å²) in [6.45, 7) is 0.0734. The van der Waals surface area contributed by atoms with Crippen molar-refractivity contribution in [3.8, 4) is 5.75 Å². The quantitative estimate of drug-likeness (QED) is 0.732. The molecular formula is C12H17ClO5S. The Morgan fingerprint density at radius 2 is 2.05 bits per heavy atom. The highest BCUT2D eigenvalue weighted by molar-refractivity contribution is 7.90. The van der Waals surface area contributed by atoms with Crippen molar-refractivity contribution in [2.24, 2.45) is 0 Å². The summed E-state index contributed by atoms with van der Waals surface area (Å²) in [6.07, 6.45) is 0. The van der Waals surface area contributed by atoms with E-state index >= 15 is 0 Å². The number of rotatable bonds is 8. The molecule has 0 radical (unpaired) electrons. The van der Waals surface area contributed by atoms with Crippen LogP contribution in [0.15, 0.2) is 18.2 Å². The number of hydrogen-bond acceptors (Lipinski definition) is 5. The van der Waals surface area contributed by atoms with E-state index in [4.69, 9.17) is 26.2 Å². The number of aliphatic hydroxyl groups is 1. The SMILES string of the molecule is COc1ccc(Cl)cc1CS(=O)(=O)CCOCCO. The molecule has 1 aromatic carbocycles. The molecule has 0 spiro atoms. The van der Waals surface area contributed by atoms with Crippen LogP contribution < -0.4 is 4.74 Å². The highest BCUT2D eigenvalue weighted by Crippen LogP contribution is 2.24. The third-order valence-electron chi connectivity index (χ3n) is 2.39. The smallest absolute Gasteiger partial charge is 0.156 e. The normalized spacial score (nSPS) is 11.5. The van der Waals surface area contributed by atoms with Crippen LogP contribution in [0.5, 0.6) is 5.75 Å². The Hall–Kier alpha value is -0.820. The summed E-state index contributed by atoms with van der Waals surface area (Å²) in [5.74, 6) is 0.228. The molecule has 0 saturated carbocycles. The topological polar surface area (TPSA) is 72.8 Å². The molecule has 0 heterocycles. The van der Waals surface area contributed by atoms with Gasteiger partial charge in [-0.3, -0.25) is 0 Å². The van der Waals surface area contributed by atoms with Crippen LogP contribution in [0.3, 0.4) is 0 Å². The van der Waals surface area contributed by atoms with Gasteiger partial charge in [0.25, 0.3) is 0 Å². The second-order valence-electron chi connectivity index (χ2n) is 3.88. The van der Waals surface area contributed by atoms with Crippen LogP contribution in [0.1, 0.15) is 5.56 Å². The van der Waals surface area contributed by atoms with E-state index in [0.29, 0.717) is 16.3 Å². The third-order valence-corrected chi connectivity index (χ3v) is 4.17. The van der Waals surface area contributed by atoms with Gasteiger partial charge >= 0.3 is 0 Å². The molecule has 0 saturated heterocycles. The number of ether oxygens (including phenoxy) is 2. The summed E-state index contributed by atoms with van der Waals surface area (Å²) in [7, 11) is -1.83. The van der Waals surface area contributed by atoms with Crippen molar-refractivity contribution in [2.75, 3.05) is 32.7 Å². The van der Waals surface area contributed by atoms with Gasteiger partial charge in [-0.1, -0.05) is 11.6 Å². The zero-order valence-electron chi connectivity index (χ0n) is 10.6. The van der Waals surface area contributed by atoms with Crippen LogP contribution in [0, 0.1) is 0 Å². The number of halogens is 1. The second-order valence-corrected chi connectivity index (χ2v) is 6.50. The molecule has 0 unspecified atom stereocenters. The predicted octanol–water partition coefficient (Wildman–Crippen LogP) is 1.27. The minimum absolute atomic E-state index is 0.0613. The summed E-state index contributed by atoms with van der Waals surface area (Å²) in [6, 6.07) is 4.85. The molecule has 108 valence electrons. The number of benzene rings is 1. The van der Waals surface area contributed by atoms with Crippen molar-refractivity contribution < 1.29 is 23.0 Å². The lowest BCUT2D eigenvalue weighted by Crippen LogP contribution is -2.16. The predicted molar refractivity (Wildman–Crippen MR) is 73.4 cm³/mol. The highest BCUT2D eigenvalue weighted by atomic mass is 35.5. The number of aliphatic hydroxyl groups excluding tert-OH is 1. The molecule has 7 heteroatoms. The van der Waals surface area contributed by atoms with Crippen molar-refractivity contribution in [3.63, 3.8) is 0 Å². The molecule has 0 amide bonds. The molecule has 1 aromatic rings. The summed E-state index contributed by atoms with van der Waals surface area (Å²) in [4.78, 5) is 0. The first-order chi connectivity index (χ1) is 8.98. The lowest BCUT2D eigenvalue weighted by Gasteiger charge is -2.10. The lowest BCUT2D eigenvalue weighted by molar-refractivity contribution is 0.103. The van der Waals surface area contributed by atoms with Crippen LogP contribution in [-0.2, 0) is 20.3 Å². The molecule has 19 heavy (non-hydrogen) atoms. The van der Waals surface area contributed by atoms with E-state index in [9.17, 15) is 8.42 Å². The van der Waals surface area contributed by atoms with E-state index in [1.807, 2.05) is 0 Å². The Labute approximate surface area is 118 Å². The van der Waals surface area contributed by atoms with Gasteiger partial charge in [-0.25, -0.2) is 8.42 Å². The first-order valence-corrected chi connectivity index (χ1v) is 7.90. The van der Waals surface area contributed by atoms with Gasteiger partial charge in [0.2, 0.25) is 0 Å². The van der Waals surface area contributed by atoms with Gasteiger partial charge in [-0.15, -0.1) is 0 Å². The zero-order valence-corrected chi connectivity index (χ0v) is 12.2. The number of sulfone groups is 1. The molecule has 0 fully saturated rings. The molecule has 0 aliphatic heterocycles. The van der Waals surface area contributed by atoms with Crippen LogP contribution >= 0.6 is 11.6 Å². The van der Waals surface area contributed by atoms with E-state index in [-0.39, 0.29) is 31.3 Å². The fourth-order valence-electron chi connectivity index (χ4n) is 1.52. The van der Waals surface area contributed by atoms with E-state index in [2.05, 4.69) is 0 Å². The van der Waals surface area contributed by atoms with Gasteiger partial charge in [0, 0.05) is 10.6 Å². The molecule has 0 atom stereocenters. The fourth-order valence-corrected chi connectivity index (χ4v) is 2.93. The molecule has 1 N–H and O–H groups in total. The molecule has 1 rings (SSSR count). The fraction of sp³-hybridized carbons (Fsp3) is 0.500. The Bertz CT molecular complexity index is 501. The average molecular weight is 309 g/mol. The maximum Gasteiger partial charge on any atom is 0.156 e. The van der Waals surface area contributed by atoms with E-state index in [1.165, 1.54) is 7.11 Å². The third kappa shape index (κ3) is 5.78. The Balaban J connectivity index is 2.69. The first kappa shape index (κ1) is 16.2. The molecule has 0 aromatic heterocycles. The minimum atomic E-state index is -3.31. The number of hydrogen-bond donors (Lipinski definition) is 1. The summed E-state index contributed by atoms with van der Waals surface area (Å²) >= 11 is 5.85. The lowest BCUT2D eigenvalue weighted by atomic mass is 10.2. The van der Waals surface area contributed by atoms with Crippen molar-refractivity contribution in [1.82, 2.24) is 0 Å². The van der Waals surface area contributed by atoms with Gasteiger partial charge in [0.1, 0.15) is 5.75 Å². The molecular weight excluding hydrogens is 292 g/mol. The van der Waals surface area contributed by atoms with Crippen molar-refractivity contribution in [2.45, 2.75) is 5.75 Å². The van der Waals surface area contributed by atoms with Crippen molar-refractivity contribution in [1.29, 1.82) is 0 Å². The van der Waals surface area contributed by atoms with Gasteiger partial charge in [0.15, 0.2) is 9.84 Å². The average Bonchev–Trinajstić information content (AvgIpc) is 2.34. The van der Waals surface area contributed by atoms with E-state index < -0.39 is 9.84 Å². The largest absolute Gasteiger partial charge is 0.496 e. The Kier molecular flexibility index (Phi) is 6.57. The zero-order chi connectivity index (χ0) is 14.3. The minimum Gasteiger partial charge on any atom is -0.496 e. The van der Waals surface area contributed by atoms with E-state index in [1.54, 1.807) is 18.2 Å². The summed E-state index contributed by atoms with van der Waals surface area (Å²) < 4.78 is 33.9. The summed E-state index contributed by atoms with van der Waals surface area (Å²) in [5.41, 5.74) is 0.525. The molecule has 0 aliphatic carbocycles. The van der Waals surface area contributed by atoms with Crippen LogP contribution in [0.25, 0.3) is 0 Å². The summed E-state index contributed by atoms with van der Waals surface area (Å²) in [5, 5.41) is 8.98. The first-order valence-electron chi connectivity index (χ1n) is 5.70. The Morgan fingerprint density at radius 1 is 1.32 bits per heavy atom. The maximum absolute atomic E-state index is 11.9. The van der Waals surface area contributed by atoms with Gasteiger partial charge < -0.3 is 14.6 Å². The monoisotopic (exact) mass is 308 g/mol. The standard InChI is InChI=1S/C12H17ClO5S/c1-17-12-3-2-11(13)8-10(12)9-19(15,16)7-6-18-5-4-14/h2-3,8,14H,4-7,9H2,1H3. The van der Waals surface area contributed by atoms with Crippen LogP contribution in [-0.4, -0.2) is 46.2 Å². The highest BCUT2D eigenvalue weighted by Gasteiger charge is 2.15. The molecule has 5 nitrogen and oxygen atoms in total. The van der Waals surface area contributed by atoms with Gasteiger partial charge in [0.05, 0.1) is 38.4 Å². The van der Waals surface area contributed by atoms with Crippen LogP contribution in [0.4, 0.5) is 0 Å². The molecule has 0 bridgehead atoms. The number of methoxy groups -OCH3 is 1. The second kappa shape index (κ2) is 7.69. The van der Waals surface area contributed by atoms with E-state index in [0.717, 1.165) is 0 Å².